The molecule has 0 aliphatic rings. The molecule has 0 fully saturated rings. The molecule has 4 nitrogen and oxygen atoms in total. The van der Waals surface area contributed by atoms with Crippen LogP contribution in [0.1, 0.15) is 16.7 Å². The monoisotopic (exact) mass is 558 g/mol. The maximum atomic E-state index is 13.1. The van der Waals surface area contributed by atoms with Gasteiger partial charge in [-0.05, 0) is 81.5 Å². The number of nitrogens with one attached hydrogen (secondary N) is 1. The summed E-state index contributed by atoms with van der Waals surface area (Å²) in [4.78, 5) is 12.7. The third kappa shape index (κ3) is 6.48. The summed E-state index contributed by atoms with van der Waals surface area (Å²) in [5, 5.41) is 12.7. The van der Waals surface area contributed by atoms with Crippen molar-refractivity contribution in [1.29, 1.82) is 5.26 Å². The van der Waals surface area contributed by atoms with Gasteiger partial charge in [-0.15, -0.1) is 6.58 Å². The Morgan fingerprint density at radius 2 is 1.94 bits per heavy atom. The van der Waals surface area contributed by atoms with Gasteiger partial charge in [0.25, 0.3) is 5.91 Å². The van der Waals surface area contributed by atoms with Gasteiger partial charge in [-0.2, -0.15) is 5.26 Å². The van der Waals surface area contributed by atoms with Gasteiger partial charge >= 0.3 is 0 Å². The van der Waals surface area contributed by atoms with E-state index in [9.17, 15) is 14.4 Å². The Balaban J connectivity index is 1.86. The van der Waals surface area contributed by atoms with Crippen LogP contribution >= 0.6 is 39.1 Å². The highest BCUT2D eigenvalue weighted by Crippen LogP contribution is 2.34. The van der Waals surface area contributed by atoms with Crippen LogP contribution in [0.2, 0.25) is 10.0 Å². The Morgan fingerprint density at radius 1 is 1.21 bits per heavy atom. The molecule has 0 bridgehead atoms. The first-order valence-electron chi connectivity index (χ1n) is 10.00. The van der Waals surface area contributed by atoms with Crippen LogP contribution in [0.15, 0.2) is 77.3 Å². The fourth-order valence-corrected chi connectivity index (χ4v) is 4.05. The molecule has 1 amide bonds. The molecule has 0 aliphatic carbocycles. The van der Waals surface area contributed by atoms with Gasteiger partial charge in [0, 0.05) is 0 Å². The summed E-state index contributed by atoms with van der Waals surface area (Å²) >= 11 is 15.6. The smallest absolute Gasteiger partial charge is 0.266 e. The lowest BCUT2D eigenvalue weighted by atomic mass is 10.0. The molecule has 0 spiro atoms. The topological polar surface area (TPSA) is 62.1 Å². The summed E-state index contributed by atoms with van der Waals surface area (Å²) < 4.78 is 19.8. The fourth-order valence-electron chi connectivity index (χ4n) is 3.07. The van der Waals surface area contributed by atoms with E-state index in [0.717, 1.165) is 11.1 Å². The van der Waals surface area contributed by atoms with Crippen molar-refractivity contribution in [2.45, 2.75) is 13.0 Å². The number of ether oxygens (including phenoxy) is 1. The van der Waals surface area contributed by atoms with E-state index in [0.29, 0.717) is 27.9 Å². The number of benzene rings is 3. The Bertz CT molecular complexity index is 1300. The van der Waals surface area contributed by atoms with Crippen molar-refractivity contribution in [2.24, 2.45) is 0 Å². The van der Waals surface area contributed by atoms with E-state index in [1.165, 1.54) is 18.2 Å². The first kappa shape index (κ1) is 25.5. The van der Waals surface area contributed by atoms with E-state index < -0.39 is 5.91 Å². The Labute approximate surface area is 215 Å². The van der Waals surface area contributed by atoms with Crippen LogP contribution in [0.3, 0.4) is 0 Å². The minimum atomic E-state index is -0.621. The number of rotatable bonds is 8. The molecular formula is C26H18BrCl2FN2O2. The van der Waals surface area contributed by atoms with Crippen molar-refractivity contribution in [3.05, 3.63) is 110 Å². The van der Waals surface area contributed by atoms with Crippen LogP contribution in [0.5, 0.6) is 5.75 Å². The number of carbonyl (C=O) groups is 1. The number of hydrogen-bond donors (Lipinski definition) is 1. The van der Waals surface area contributed by atoms with E-state index in [1.54, 1.807) is 42.5 Å². The molecule has 3 rings (SSSR count). The molecular weight excluding hydrogens is 542 g/mol. The summed E-state index contributed by atoms with van der Waals surface area (Å²) in [5.41, 5.74) is 2.41. The number of halogens is 4. The number of carbonyl (C=O) groups excluding carboxylic acids is 1. The van der Waals surface area contributed by atoms with Gasteiger partial charge < -0.3 is 10.1 Å². The van der Waals surface area contributed by atoms with Crippen LogP contribution in [0, 0.1) is 17.1 Å². The minimum absolute atomic E-state index is 0.118. The highest BCUT2D eigenvalue weighted by atomic mass is 79.9. The Hall–Kier alpha value is -3.11. The second-order valence-electron chi connectivity index (χ2n) is 7.12. The Kier molecular flexibility index (Phi) is 8.89. The zero-order valence-corrected chi connectivity index (χ0v) is 20.8. The number of nitriles is 1. The highest BCUT2D eigenvalue weighted by molar-refractivity contribution is 9.10. The van der Waals surface area contributed by atoms with Gasteiger partial charge in [-0.25, -0.2) is 4.39 Å². The average Bonchev–Trinajstić information content (AvgIpc) is 2.81. The van der Waals surface area contributed by atoms with E-state index in [4.69, 9.17) is 27.9 Å². The van der Waals surface area contributed by atoms with Crippen molar-refractivity contribution in [1.82, 2.24) is 0 Å². The van der Waals surface area contributed by atoms with Gasteiger partial charge in [0.1, 0.15) is 29.8 Å². The van der Waals surface area contributed by atoms with Crippen LogP contribution in [-0.4, -0.2) is 5.91 Å². The summed E-state index contributed by atoms with van der Waals surface area (Å²) in [6.07, 6.45) is 3.68. The summed E-state index contributed by atoms with van der Waals surface area (Å²) in [6, 6.07) is 16.3. The number of allylic oxidation sites excluding steroid dienone is 1. The fraction of sp³-hybridized carbons (Fsp3) is 0.0769. The number of anilines is 1. The van der Waals surface area contributed by atoms with Crippen molar-refractivity contribution >= 4 is 56.8 Å². The number of amides is 1. The van der Waals surface area contributed by atoms with Gasteiger partial charge in [0.2, 0.25) is 0 Å². The molecule has 0 unspecified atom stereocenters. The number of nitrogens with zero attached hydrogens (tertiary/aromatic N) is 1. The lowest BCUT2D eigenvalue weighted by molar-refractivity contribution is -0.112. The van der Waals surface area contributed by atoms with E-state index >= 15 is 0 Å². The minimum Gasteiger partial charge on any atom is -0.487 e. The zero-order chi connectivity index (χ0) is 24.7. The quantitative estimate of drug-likeness (QED) is 0.174. The molecule has 34 heavy (non-hydrogen) atoms. The molecule has 0 aromatic heterocycles. The SMILES string of the molecule is C=CCc1cc(/C=C(/C#N)C(=O)Nc2cccc(Cl)c2Cl)cc(Br)c1OCc1ccc(F)cc1. The molecule has 0 atom stereocenters. The molecule has 0 aliphatic heterocycles. The average molecular weight is 560 g/mol. The Morgan fingerprint density at radius 3 is 2.62 bits per heavy atom. The first-order chi connectivity index (χ1) is 16.3. The number of hydrogen-bond acceptors (Lipinski definition) is 3. The maximum Gasteiger partial charge on any atom is 0.266 e. The molecule has 3 aromatic rings. The van der Waals surface area contributed by atoms with E-state index in [-0.39, 0.29) is 28.0 Å². The molecule has 3 aromatic carbocycles. The molecule has 172 valence electrons. The summed E-state index contributed by atoms with van der Waals surface area (Å²) in [5.74, 6) is -0.344. The summed E-state index contributed by atoms with van der Waals surface area (Å²) in [7, 11) is 0. The molecule has 0 saturated heterocycles. The molecule has 0 saturated carbocycles. The molecule has 0 radical (unpaired) electrons. The van der Waals surface area contributed by atoms with Crippen LogP contribution < -0.4 is 10.1 Å². The van der Waals surface area contributed by atoms with Crippen molar-refractivity contribution in [3.63, 3.8) is 0 Å². The molecule has 0 heterocycles. The highest BCUT2D eigenvalue weighted by Gasteiger charge is 2.15. The predicted molar refractivity (Wildman–Crippen MR) is 137 cm³/mol. The largest absolute Gasteiger partial charge is 0.487 e. The summed E-state index contributed by atoms with van der Waals surface area (Å²) in [6.45, 7) is 4.02. The molecule has 1 N–H and O–H groups in total. The van der Waals surface area contributed by atoms with Gasteiger partial charge in [-0.1, -0.05) is 47.5 Å². The first-order valence-corrected chi connectivity index (χ1v) is 11.5. The third-order valence-corrected chi connectivity index (χ3v) is 6.09. The van der Waals surface area contributed by atoms with Crippen LogP contribution in [-0.2, 0) is 17.8 Å². The van der Waals surface area contributed by atoms with Gasteiger partial charge in [0.15, 0.2) is 0 Å². The van der Waals surface area contributed by atoms with Crippen molar-refractivity contribution in [2.75, 3.05) is 5.32 Å². The van der Waals surface area contributed by atoms with Gasteiger partial charge in [0.05, 0.1) is 20.2 Å². The van der Waals surface area contributed by atoms with Crippen molar-refractivity contribution in [3.8, 4) is 11.8 Å². The lowest BCUT2D eigenvalue weighted by Gasteiger charge is -2.14. The van der Waals surface area contributed by atoms with E-state index in [1.807, 2.05) is 12.1 Å². The van der Waals surface area contributed by atoms with E-state index in [2.05, 4.69) is 27.8 Å². The van der Waals surface area contributed by atoms with Gasteiger partial charge in [-0.3, -0.25) is 4.79 Å². The predicted octanol–water partition coefficient (Wildman–Crippen LogP) is 7.75. The lowest BCUT2D eigenvalue weighted by Crippen LogP contribution is -2.13. The second kappa shape index (κ2) is 11.8. The maximum absolute atomic E-state index is 13.1. The van der Waals surface area contributed by atoms with Crippen molar-refractivity contribution < 1.29 is 13.9 Å². The van der Waals surface area contributed by atoms with Crippen LogP contribution in [0.4, 0.5) is 10.1 Å². The third-order valence-electron chi connectivity index (χ3n) is 4.68. The second-order valence-corrected chi connectivity index (χ2v) is 8.76. The standard InChI is InChI=1S/C26H18BrCl2FN2O2/c1-2-4-18-11-17(13-21(27)25(18)34-15-16-7-9-20(30)10-8-16)12-19(14-31)26(33)32-23-6-3-5-22(28)24(23)29/h2-3,5-13H,1,4,15H2,(H,32,33)/b19-12-. The van der Waals surface area contributed by atoms with Crippen LogP contribution in [0.25, 0.3) is 6.08 Å². The molecule has 8 heteroatoms. The zero-order valence-electron chi connectivity index (χ0n) is 17.7. The normalized spacial score (nSPS) is 11.0.